The predicted molar refractivity (Wildman–Crippen MR) is 68.4 cm³/mol. The van der Waals surface area contributed by atoms with E-state index in [2.05, 4.69) is 4.90 Å². The van der Waals surface area contributed by atoms with Crippen LogP contribution in [0.3, 0.4) is 0 Å². The standard InChI is InChI=1S/C14H19NO3/c1-14(13(17)18)6-8-15(9-7-14)10-11-4-2-3-5-12(11)16/h2-5,16H,6-10H2,1H3,(H,17,18). The average molecular weight is 249 g/mol. The Morgan fingerprint density at radius 2 is 1.94 bits per heavy atom. The first-order valence-electron chi connectivity index (χ1n) is 6.24. The first-order valence-corrected chi connectivity index (χ1v) is 6.24. The third kappa shape index (κ3) is 2.64. The molecule has 1 saturated heterocycles. The van der Waals surface area contributed by atoms with Crippen molar-refractivity contribution in [3.63, 3.8) is 0 Å². The number of aromatic hydroxyl groups is 1. The van der Waals surface area contributed by atoms with E-state index in [1.165, 1.54) is 0 Å². The zero-order valence-electron chi connectivity index (χ0n) is 10.6. The molecule has 0 saturated carbocycles. The topological polar surface area (TPSA) is 60.8 Å². The minimum atomic E-state index is -0.704. The van der Waals surface area contributed by atoms with Crippen molar-refractivity contribution in [2.45, 2.75) is 26.3 Å². The summed E-state index contributed by atoms with van der Waals surface area (Å²) in [6.07, 6.45) is 1.33. The normalized spacial score (nSPS) is 19.6. The van der Waals surface area contributed by atoms with Gasteiger partial charge in [-0.2, -0.15) is 0 Å². The molecular weight excluding hydrogens is 230 g/mol. The van der Waals surface area contributed by atoms with E-state index in [-0.39, 0.29) is 0 Å². The number of hydrogen-bond acceptors (Lipinski definition) is 3. The Bertz CT molecular complexity index is 436. The SMILES string of the molecule is CC1(C(=O)O)CCN(Cc2ccccc2O)CC1. The Kier molecular flexibility index (Phi) is 3.57. The number of benzene rings is 1. The second-order valence-corrected chi connectivity index (χ2v) is 5.27. The number of rotatable bonds is 3. The minimum absolute atomic E-state index is 0.309. The molecule has 1 fully saturated rings. The van der Waals surface area contributed by atoms with Gasteiger partial charge in [-0.25, -0.2) is 0 Å². The highest BCUT2D eigenvalue weighted by Gasteiger charge is 2.36. The van der Waals surface area contributed by atoms with Crippen LogP contribution in [0.4, 0.5) is 0 Å². The van der Waals surface area contributed by atoms with E-state index in [0.29, 0.717) is 25.1 Å². The quantitative estimate of drug-likeness (QED) is 0.861. The average Bonchev–Trinajstić information content (AvgIpc) is 2.35. The van der Waals surface area contributed by atoms with E-state index < -0.39 is 11.4 Å². The molecule has 18 heavy (non-hydrogen) atoms. The van der Waals surface area contributed by atoms with Crippen molar-refractivity contribution in [1.82, 2.24) is 4.90 Å². The number of phenols is 1. The van der Waals surface area contributed by atoms with Gasteiger partial charge in [0.1, 0.15) is 5.75 Å². The number of hydrogen-bond donors (Lipinski definition) is 2. The Morgan fingerprint density at radius 3 is 2.50 bits per heavy atom. The van der Waals surface area contributed by atoms with Gasteiger partial charge in [-0.05, 0) is 38.9 Å². The summed E-state index contributed by atoms with van der Waals surface area (Å²) in [5.74, 6) is -0.395. The molecule has 0 aromatic heterocycles. The van der Waals surface area contributed by atoms with Crippen LogP contribution in [0.15, 0.2) is 24.3 Å². The number of likely N-dealkylation sites (tertiary alicyclic amines) is 1. The number of carboxylic acids is 1. The molecule has 1 aliphatic heterocycles. The fourth-order valence-electron chi connectivity index (χ4n) is 2.30. The third-order valence-electron chi connectivity index (χ3n) is 3.86. The largest absolute Gasteiger partial charge is 0.508 e. The van der Waals surface area contributed by atoms with E-state index in [1.807, 2.05) is 19.1 Å². The molecule has 1 aliphatic rings. The van der Waals surface area contributed by atoms with Crippen molar-refractivity contribution < 1.29 is 15.0 Å². The highest BCUT2D eigenvalue weighted by atomic mass is 16.4. The Labute approximate surface area is 107 Å². The van der Waals surface area contributed by atoms with Crippen LogP contribution in [-0.2, 0) is 11.3 Å². The lowest BCUT2D eigenvalue weighted by atomic mass is 9.80. The van der Waals surface area contributed by atoms with Crippen molar-refractivity contribution >= 4 is 5.97 Å². The number of carboxylic acid groups (broad SMARTS) is 1. The van der Waals surface area contributed by atoms with Crippen molar-refractivity contribution in [3.8, 4) is 5.75 Å². The van der Waals surface area contributed by atoms with Gasteiger partial charge in [0.15, 0.2) is 0 Å². The lowest BCUT2D eigenvalue weighted by Crippen LogP contribution is -2.42. The van der Waals surface area contributed by atoms with Crippen LogP contribution in [0, 0.1) is 5.41 Å². The molecule has 4 nitrogen and oxygen atoms in total. The van der Waals surface area contributed by atoms with E-state index in [0.717, 1.165) is 18.7 Å². The lowest BCUT2D eigenvalue weighted by Gasteiger charge is -2.36. The Morgan fingerprint density at radius 1 is 1.33 bits per heavy atom. The summed E-state index contributed by atoms with van der Waals surface area (Å²) in [4.78, 5) is 13.3. The number of para-hydroxylation sites is 1. The molecule has 0 atom stereocenters. The summed E-state index contributed by atoms with van der Waals surface area (Å²) >= 11 is 0. The molecule has 0 radical (unpaired) electrons. The van der Waals surface area contributed by atoms with Gasteiger partial charge in [0.25, 0.3) is 0 Å². The van der Waals surface area contributed by atoms with Gasteiger partial charge in [0.2, 0.25) is 0 Å². The van der Waals surface area contributed by atoms with E-state index in [1.54, 1.807) is 12.1 Å². The molecule has 0 spiro atoms. The molecule has 1 aromatic rings. The highest BCUT2D eigenvalue weighted by Crippen LogP contribution is 2.32. The summed E-state index contributed by atoms with van der Waals surface area (Å²) in [6.45, 7) is 4.02. The smallest absolute Gasteiger partial charge is 0.309 e. The van der Waals surface area contributed by atoms with Gasteiger partial charge < -0.3 is 10.2 Å². The number of piperidine rings is 1. The molecule has 4 heteroatoms. The highest BCUT2D eigenvalue weighted by molar-refractivity contribution is 5.74. The van der Waals surface area contributed by atoms with Crippen LogP contribution >= 0.6 is 0 Å². The van der Waals surface area contributed by atoms with Crippen molar-refractivity contribution in [2.75, 3.05) is 13.1 Å². The summed E-state index contributed by atoms with van der Waals surface area (Å²) in [5, 5.41) is 18.9. The van der Waals surface area contributed by atoms with Gasteiger partial charge >= 0.3 is 5.97 Å². The van der Waals surface area contributed by atoms with Crippen molar-refractivity contribution in [1.29, 1.82) is 0 Å². The molecule has 2 rings (SSSR count). The maximum Gasteiger partial charge on any atom is 0.309 e. The first-order chi connectivity index (χ1) is 8.51. The van der Waals surface area contributed by atoms with Crippen LogP contribution in [0.5, 0.6) is 5.75 Å². The van der Waals surface area contributed by atoms with Gasteiger partial charge in [0.05, 0.1) is 5.41 Å². The third-order valence-corrected chi connectivity index (χ3v) is 3.86. The Balaban J connectivity index is 1.95. The molecule has 1 heterocycles. The van der Waals surface area contributed by atoms with Gasteiger partial charge in [-0.3, -0.25) is 9.69 Å². The summed E-state index contributed by atoms with van der Waals surface area (Å²) in [7, 11) is 0. The predicted octanol–water partition coefficient (Wildman–Crippen LogP) is 2.08. The van der Waals surface area contributed by atoms with Crippen molar-refractivity contribution in [2.24, 2.45) is 5.41 Å². The fraction of sp³-hybridized carbons (Fsp3) is 0.500. The zero-order chi connectivity index (χ0) is 13.2. The molecule has 0 amide bonds. The summed E-state index contributed by atoms with van der Waals surface area (Å²) in [5.41, 5.74) is 0.311. The van der Waals surface area contributed by atoms with Crippen LogP contribution < -0.4 is 0 Å². The van der Waals surface area contributed by atoms with Crippen LogP contribution in [0.1, 0.15) is 25.3 Å². The Hall–Kier alpha value is -1.55. The zero-order valence-corrected chi connectivity index (χ0v) is 10.6. The van der Waals surface area contributed by atoms with Crippen LogP contribution in [0.25, 0.3) is 0 Å². The van der Waals surface area contributed by atoms with Crippen molar-refractivity contribution in [3.05, 3.63) is 29.8 Å². The van der Waals surface area contributed by atoms with Gasteiger partial charge in [-0.15, -0.1) is 0 Å². The maximum absolute atomic E-state index is 11.1. The molecule has 0 unspecified atom stereocenters. The summed E-state index contributed by atoms with van der Waals surface area (Å²) in [6, 6.07) is 7.29. The molecule has 0 bridgehead atoms. The van der Waals surface area contributed by atoms with E-state index in [9.17, 15) is 9.90 Å². The van der Waals surface area contributed by atoms with Crippen LogP contribution in [-0.4, -0.2) is 34.2 Å². The minimum Gasteiger partial charge on any atom is -0.508 e. The molecular formula is C14H19NO3. The molecule has 98 valence electrons. The van der Waals surface area contributed by atoms with Gasteiger partial charge in [-0.1, -0.05) is 18.2 Å². The lowest BCUT2D eigenvalue weighted by molar-refractivity contribution is -0.150. The molecule has 1 aromatic carbocycles. The number of phenolic OH excluding ortho intramolecular Hbond substituents is 1. The summed E-state index contributed by atoms with van der Waals surface area (Å²) < 4.78 is 0. The van der Waals surface area contributed by atoms with Gasteiger partial charge in [0, 0.05) is 12.1 Å². The number of nitrogens with zero attached hydrogens (tertiary/aromatic N) is 1. The molecule has 2 N–H and O–H groups in total. The monoisotopic (exact) mass is 249 g/mol. The molecule has 0 aliphatic carbocycles. The number of aliphatic carboxylic acids is 1. The fourth-order valence-corrected chi connectivity index (χ4v) is 2.30. The second-order valence-electron chi connectivity index (χ2n) is 5.27. The number of carbonyl (C=O) groups is 1. The van der Waals surface area contributed by atoms with E-state index in [4.69, 9.17) is 5.11 Å². The first kappa shape index (κ1) is 12.9. The second kappa shape index (κ2) is 4.98. The van der Waals surface area contributed by atoms with Crippen LogP contribution in [0.2, 0.25) is 0 Å². The van der Waals surface area contributed by atoms with E-state index >= 15 is 0 Å². The maximum atomic E-state index is 11.1.